The summed E-state index contributed by atoms with van der Waals surface area (Å²) >= 11 is 0. The summed E-state index contributed by atoms with van der Waals surface area (Å²) in [5.74, 6) is 5.90. The first kappa shape index (κ1) is 12.7. The second kappa shape index (κ2) is 5.66. The highest BCUT2D eigenvalue weighted by atomic mass is 32.2. The molecule has 1 rings (SSSR count). The zero-order chi connectivity index (χ0) is 12.0. The van der Waals surface area contributed by atoms with Gasteiger partial charge in [-0.15, -0.1) is 0 Å². The molecule has 0 radical (unpaired) electrons. The van der Waals surface area contributed by atoms with Crippen molar-refractivity contribution in [1.29, 1.82) is 0 Å². The van der Waals surface area contributed by atoms with Crippen molar-refractivity contribution < 1.29 is 8.42 Å². The number of hydrogen-bond donors (Lipinski definition) is 2. The van der Waals surface area contributed by atoms with Gasteiger partial charge in [0.15, 0.2) is 0 Å². The quantitative estimate of drug-likeness (QED) is 0.587. The smallest absolute Gasteiger partial charge is 0.238 e. The highest BCUT2D eigenvalue weighted by Crippen LogP contribution is 2.07. The van der Waals surface area contributed by atoms with Crippen molar-refractivity contribution in [3.05, 3.63) is 29.8 Å². The van der Waals surface area contributed by atoms with Gasteiger partial charge in [-0.1, -0.05) is 11.8 Å². The van der Waals surface area contributed by atoms with Crippen LogP contribution in [0.1, 0.15) is 12.0 Å². The van der Waals surface area contributed by atoms with E-state index in [2.05, 4.69) is 17.2 Å². The van der Waals surface area contributed by atoms with Gasteiger partial charge in [-0.05, 0) is 31.3 Å². The Bertz CT molecular complexity index is 495. The summed E-state index contributed by atoms with van der Waals surface area (Å²) in [4.78, 5) is 0.105. The topological polar surface area (TPSA) is 72.2 Å². The van der Waals surface area contributed by atoms with Gasteiger partial charge >= 0.3 is 0 Å². The first-order valence-electron chi connectivity index (χ1n) is 4.80. The molecule has 0 spiro atoms. The first-order chi connectivity index (χ1) is 7.54. The van der Waals surface area contributed by atoms with Crippen molar-refractivity contribution in [1.82, 2.24) is 5.32 Å². The molecule has 0 aliphatic carbocycles. The van der Waals surface area contributed by atoms with Crippen LogP contribution < -0.4 is 10.5 Å². The molecule has 0 aliphatic rings. The maximum atomic E-state index is 11.0. The summed E-state index contributed by atoms with van der Waals surface area (Å²) in [7, 11) is -1.74. The second-order valence-corrected chi connectivity index (χ2v) is 4.79. The fourth-order valence-corrected chi connectivity index (χ4v) is 1.60. The van der Waals surface area contributed by atoms with E-state index in [0.717, 1.165) is 18.5 Å². The van der Waals surface area contributed by atoms with Crippen LogP contribution >= 0.6 is 0 Å². The van der Waals surface area contributed by atoms with Crippen molar-refractivity contribution in [2.24, 2.45) is 5.14 Å². The third-order valence-electron chi connectivity index (χ3n) is 1.92. The minimum absolute atomic E-state index is 0.105. The molecule has 0 unspecified atom stereocenters. The van der Waals surface area contributed by atoms with Crippen molar-refractivity contribution in [3.63, 3.8) is 0 Å². The van der Waals surface area contributed by atoms with Crippen molar-refractivity contribution >= 4 is 10.0 Å². The zero-order valence-corrected chi connectivity index (χ0v) is 9.84. The maximum Gasteiger partial charge on any atom is 0.238 e. The molecule has 0 atom stereocenters. The highest BCUT2D eigenvalue weighted by Gasteiger charge is 2.05. The third-order valence-corrected chi connectivity index (χ3v) is 2.84. The summed E-state index contributed by atoms with van der Waals surface area (Å²) in [5.41, 5.74) is 0.781. The third kappa shape index (κ3) is 4.03. The molecule has 0 amide bonds. The van der Waals surface area contributed by atoms with Gasteiger partial charge in [0.25, 0.3) is 0 Å². The lowest BCUT2D eigenvalue weighted by molar-refractivity contribution is 0.598. The predicted octanol–water partition coefficient (Wildman–Crippen LogP) is 0.295. The average Bonchev–Trinajstić information content (AvgIpc) is 2.24. The normalized spacial score (nSPS) is 10.6. The molecule has 0 saturated heterocycles. The van der Waals surface area contributed by atoms with E-state index in [-0.39, 0.29) is 4.90 Å². The molecule has 3 N–H and O–H groups in total. The van der Waals surface area contributed by atoms with E-state index >= 15 is 0 Å². The number of primary sulfonamides is 1. The minimum atomic E-state index is -3.61. The molecule has 1 aromatic carbocycles. The number of sulfonamides is 1. The van der Waals surface area contributed by atoms with Gasteiger partial charge in [0.05, 0.1) is 4.90 Å². The van der Waals surface area contributed by atoms with Crippen LogP contribution in [0.15, 0.2) is 29.2 Å². The number of benzene rings is 1. The predicted molar refractivity (Wildman–Crippen MR) is 63.2 cm³/mol. The molecule has 0 aromatic heterocycles. The van der Waals surface area contributed by atoms with E-state index in [1.807, 2.05) is 7.05 Å². The molecule has 16 heavy (non-hydrogen) atoms. The Morgan fingerprint density at radius 2 is 1.94 bits per heavy atom. The Balaban J connectivity index is 2.75. The van der Waals surface area contributed by atoms with Crippen LogP contribution in [0, 0.1) is 11.8 Å². The number of rotatable bonds is 3. The van der Waals surface area contributed by atoms with E-state index in [9.17, 15) is 8.42 Å². The molecule has 4 nitrogen and oxygen atoms in total. The molecule has 86 valence electrons. The lowest BCUT2D eigenvalue weighted by Gasteiger charge is -1.96. The minimum Gasteiger partial charge on any atom is -0.319 e. The SMILES string of the molecule is CNCCC#Cc1ccc(S(N)(=O)=O)cc1. The lowest BCUT2D eigenvalue weighted by atomic mass is 10.2. The van der Waals surface area contributed by atoms with Crippen LogP contribution in [0.4, 0.5) is 0 Å². The van der Waals surface area contributed by atoms with E-state index in [4.69, 9.17) is 5.14 Å². The molecular weight excluding hydrogens is 224 g/mol. The van der Waals surface area contributed by atoms with E-state index in [1.54, 1.807) is 12.1 Å². The van der Waals surface area contributed by atoms with Gasteiger partial charge in [-0.25, -0.2) is 13.6 Å². The zero-order valence-electron chi connectivity index (χ0n) is 9.03. The Kier molecular flexibility index (Phi) is 4.50. The maximum absolute atomic E-state index is 11.0. The van der Waals surface area contributed by atoms with Crippen LogP contribution in [0.25, 0.3) is 0 Å². The Hall–Kier alpha value is -1.35. The number of hydrogen-bond acceptors (Lipinski definition) is 3. The fourth-order valence-electron chi connectivity index (χ4n) is 1.08. The molecule has 0 bridgehead atoms. The average molecular weight is 238 g/mol. The van der Waals surface area contributed by atoms with Crippen LogP contribution in [0.2, 0.25) is 0 Å². The van der Waals surface area contributed by atoms with Gasteiger partial charge < -0.3 is 5.32 Å². The van der Waals surface area contributed by atoms with Crippen LogP contribution in [-0.4, -0.2) is 22.0 Å². The van der Waals surface area contributed by atoms with Crippen LogP contribution in [0.3, 0.4) is 0 Å². The summed E-state index contributed by atoms with van der Waals surface area (Å²) in [6.45, 7) is 0.836. The fraction of sp³-hybridized carbons (Fsp3) is 0.273. The molecule has 0 heterocycles. The van der Waals surface area contributed by atoms with Gasteiger partial charge in [0.1, 0.15) is 0 Å². The van der Waals surface area contributed by atoms with Crippen molar-refractivity contribution in [3.8, 4) is 11.8 Å². The first-order valence-corrected chi connectivity index (χ1v) is 6.35. The van der Waals surface area contributed by atoms with E-state index in [0.29, 0.717) is 0 Å². The Morgan fingerprint density at radius 1 is 1.31 bits per heavy atom. The molecule has 5 heteroatoms. The largest absolute Gasteiger partial charge is 0.319 e. The standard InChI is InChI=1S/C11H14N2O2S/c1-13-9-3-2-4-10-5-7-11(8-6-10)16(12,14)15/h5-8,13H,3,9H2,1H3,(H2,12,14,15). The molecular formula is C11H14N2O2S. The lowest BCUT2D eigenvalue weighted by Crippen LogP contribution is -2.11. The summed E-state index contributed by atoms with van der Waals surface area (Å²) in [6.07, 6.45) is 0.757. The molecule has 0 fully saturated rings. The second-order valence-electron chi connectivity index (χ2n) is 3.22. The van der Waals surface area contributed by atoms with Crippen LogP contribution in [-0.2, 0) is 10.0 Å². The molecule has 0 saturated carbocycles. The van der Waals surface area contributed by atoms with Crippen molar-refractivity contribution in [2.45, 2.75) is 11.3 Å². The Morgan fingerprint density at radius 3 is 2.44 bits per heavy atom. The number of nitrogens with two attached hydrogens (primary N) is 1. The highest BCUT2D eigenvalue weighted by molar-refractivity contribution is 7.89. The number of nitrogens with one attached hydrogen (secondary N) is 1. The van der Waals surface area contributed by atoms with Crippen molar-refractivity contribution in [2.75, 3.05) is 13.6 Å². The summed E-state index contributed by atoms with van der Waals surface area (Å²) in [5, 5.41) is 7.96. The summed E-state index contributed by atoms with van der Waals surface area (Å²) < 4.78 is 22.0. The molecule has 0 aliphatic heterocycles. The van der Waals surface area contributed by atoms with E-state index in [1.165, 1.54) is 12.1 Å². The van der Waals surface area contributed by atoms with Gasteiger partial charge in [0.2, 0.25) is 10.0 Å². The van der Waals surface area contributed by atoms with E-state index < -0.39 is 10.0 Å². The summed E-state index contributed by atoms with van der Waals surface area (Å²) in [6, 6.07) is 6.20. The Labute approximate surface area is 95.9 Å². The molecule has 1 aromatic rings. The van der Waals surface area contributed by atoms with Gasteiger partial charge in [-0.3, -0.25) is 0 Å². The van der Waals surface area contributed by atoms with Crippen LogP contribution in [0.5, 0.6) is 0 Å². The monoisotopic (exact) mass is 238 g/mol. The van der Waals surface area contributed by atoms with Gasteiger partial charge in [-0.2, -0.15) is 0 Å². The van der Waals surface area contributed by atoms with Gasteiger partial charge in [0, 0.05) is 18.5 Å².